The second kappa shape index (κ2) is 8.67. The minimum atomic E-state index is -0.250. The number of carboxylic acid groups (broad SMARTS) is 1. The van der Waals surface area contributed by atoms with Crippen molar-refractivity contribution < 1.29 is 9.90 Å². The first kappa shape index (κ1) is 20.2. The van der Waals surface area contributed by atoms with E-state index in [2.05, 4.69) is 54.4 Å². The number of hydrogen-bond acceptors (Lipinski definition) is 5. The van der Waals surface area contributed by atoms with Gasteiger partial charge in [0.1, 0.15) is 4.83 Å². The lowest BCUT2D eigenvalue weighted by molar-refractivity contribution is -0.122. The molecule has 3 heterocycles. The van der Waals surface area contributed by atoms with Gasteiger partial charge in [-0.3, -0.25) is 14.2 Å². The van der Waals surface area contributed by atoms with Gasteiger partial charge < -0.3 is 10.0 Å². The van der Waals surface area contributed by atoms with Crippen molar-refractivity contribution in [1.82, 2.24) is 14.5 Å². The van der Waals surface area contributed by atoms with Crippen molar-refractivity contribution in [3.05, 3.63) is 51.4 Å². The fourth-order valence-electron chi connectivity index (χ4n) is 3.80. The molecule has 1 aliphatic heterocycles. The molecule has 1 unspecified atom stereocenters. The number of likely N-dealkylation sites (N-methyl/N-ethyl adjacent to an activating group) is 1. The normalized spacial score (nSPS) is 17.2. The number of carbonyl (C=O) groups is 1. The molecule has 6 nitrogen and oxygen atoms in total. The lowest BCUT2D eigenvalue weighted by Gasteiger charge is -2.30. The van der Waals surface area contributed by atoms with Crippen LogP contribution in [0.4, 0.5) is 0 Å². The molecule has 148 valence electrons. The number of rotatable bonds is 2. The summed E-state index contributed by atoms with van der Waals surface area (Å²) in [4.78, 5) is 29.4. The van der Waals surface area contributed by atoms with Gasteiger partial charge in [-0.2, -0.15) is 0 Å². The van der Waals surface area contributed by atoms with Crippen LogP contribution in [0.5, 0.6) is 0 Å². The van der Waals surface area contributed by atoms with Crippen molar-refractivity contribution in [2.45, 2.75) is 32.7 Å². The highest BCUT2D eigenvalue weighted by Gasteiger charge is 2.22. The quantitative estimate of drug-likeness (QED) is 0.665. The summed E-state index contributed by atoms with van der Waals surface area (Å²) in [5.74, 6) is 0. The van der Waals surface area contributed by atoms with E-state index in [0.717, 1.165) is 47.3 Å². The number of aromatic nitrogens is 2. The zero-order chi connectivity index (χ0) is 20.3. The molecule has 0 saturated carbocycles. The summed E-state index contributed by atoms with van der Waals surface area (Å²) in [5.41, 5.74) is 4.67. The van der Waals surface area contributed by atoms with E-state index in [1.54, 1.807) is 17.7 Å². The third-order valence-corrected chi connectivity index (χ3v) is 6.08. The summed E-state index contributed by atoms with van der Waals surface area (Å²) in [6.45, 7) is 5.96. The summed E-state index contributed by atoms with van der Waals surface area (Å²) in [6, 6.07) is 6.62. The summed E-state index contributed by atoms with van der Waals surface area (Å²) in [6.07, 6.45) is 3.91. The predicted molar refractivity (Wildman–Crippen MR) is 113 cm³/mol. The van der Waals surface area contributed by atoms with Crippen LogP contribution in [0.1, 0.15) is 30.0 Å². The zero-order valence-corrected chi connectivity index (χ0v) is 17.2. The van der Waals surface area contributed by atoms with Crippen LogP contribution in [-0.4, -0.2) is 46.2 Å². The predicted octanol–water partition coefficient (Wildman–Crippen LogP) is 3.71. The molecule has 0 aliphatic carbocycles. The number of aryl methyl sites for hydroxylation is 2. The number of likely N-dealkylation sites (tertiary alicyclic amines) is 1. The number of thiophene rings is 1. The maximum Gasteiger partial charge on any atom is 0.290 e. The van der Waals surface area contributed by atoms with Gasteiger partial charge in [-0.15, -0.1) is 11.3 Å². The SMILES string of the molecule is Cc1ccc(C)c(-c2csc3ncn(C4CCCN(C)C4)c(=O)c23)c1.O=CO. The molecular weight excluding hydrogens is 374 g/mol. The van der Waals surface area contributed by atoms with Crippen molar-refractivity contribution >= 4 is 28.0 Å². The van der Waals surface area contributed by atoms with Gasteiger partial charge in [-0.05, 0) is 51.4 Å². The molecule has 1 aliphatic rings. The Morgan fingerprint density at radius 2 is 2.04 bits per heavy atom. The van der Waals surface area contributed by atoms with E-state index in [4.69, 9.17) is 9.90 Å². The van der Waals surface area contributed by atoms with Crippen LogP contribution in [0.25, 0.3) is 21.3 Å². The zero-order valence-electron chi connectivity index (χ0n) is 16.4. The van der Waals surface area contributed by atoms with E-state index >= 15 is 0 Å². The fraction of sp³-hybridized carbons (Fsp3) is 0.381. The van der Waals surface area contributed by atoms with Crippen molar-refractivity contribution in [3.8, 4) is 11.1 Å². The molecule has 1 saturated heterocycles. The van der Waals surface area contributed by atoms with Gasteiger partial charge in [-0.25, -0.2) is 4.98 Å². The molecule has 1 fully saturated rings. The molecule has 0 amide bonds. The van der Waals surface area contributed by atoms with E-state index in [1.807, 2.05) is 4.57 Å². The molecule has 1 N–H and O–H groups in total. The standard InChI is InChI=1S/C20H23N3OS.CH2O2/c1-13-6-7-14(2)16(9-13)17-11-25-19-18(17)20(24)23(12-21-19)15-5-4-8-22(3)10-15;2-1-3/h6-7,9,11-12,15H,4-5,8,10H2,1-3H3;1H,(H,2,3). The van der Waals surface area contributed by atoms with E-state index in [0.29, 0.717) is 0 Å². The van der Waals surface area contributed by atoms with E-state index in [-0.39, 0.29) is 18.1 Å². The van der Waals surface area contributed by atoms with Gasteiger partial charge in [0.25, 0.3) is 12.0 Å². The molecule has 3 aromatic rings. The molecule has 0 bridgehead atoms. The van der Waals surface area contributed by atoms with Crippen molar-refractivity contribution in [2.75, 3.05) is 20.1 Å². The van der Waals surface area contributed by atoms with Crippen LogP contribution in [-0.2, 0) is 4.79 Å². The summed E-state index contributed by atoms with van der Waals surface area (Å²) < 4.78 is 1.86. The molecule has 7 heteroatoms. The number of benzene rings is 1. The average molecular weight is 400 g/mol. The van der Waals surface area contributed by atoms with Crippen LogP contribution in [0, 0.1) is 13.8 Å². The van der Waals surface area contributed by atoms with Crippen LogP contribution in [0.2, 0.25) is 0 Å². The molecular formula is C21H25N3O3S. The second-order valence-electron chi connectivity index (χ2n) is 7.27. The third kappa shape index (κ3) is 4.00. The summed E-state index contributed by atoms with van der Waals surface area (Å²) >= 11 is 1.56. The minimum Gasteiger partial charge on any atom is -0.483 e. The van der Waals surface area contributed by atoms with Crippen molar-refractivity contribution in [3.63, 3.8) is 0 Å². The number of nitrogens with zero attached hydrogens (tertiary/aromatic N) is 3. The van der Waals surface area contributed by atoms with E-state index in [1.165, 1.54) is 11.1 Å². The number of piperidine rings is 1. The smallest absolute Gasteiger partial charge is 0.290 e. The maximum atomic E-state index is 13.3. The van der Waals surface area contributed by atoms with Gasteiger partial charge in [0, 0.05) is 17.5 Å². The Morgan fingerprint density at radius 3 is 2.75 bits per heavy atom. The van der Waals surface area contributed by atoms with Gasteiger partial charge in [0.05, 0.1) is 17.8 Å². The van der Waals surface area contributed by atoms with E-state index < -0.39 is 0 Å². The Kier molecular flexibility index (Phi) is 6.26. The second-order valence-corrected chi connectivity index (χ2v) is 8.13. The third-order valence-electron chi connectivity index (χ3n) is 5.20. The summed E-state index contributed by atoms with van der Waals surface area (Å²) in [5, 5.41) is 9.74. The Bertz CT molecular complexity index is 1040. The Morgan fingerprint density at radius 1 is 1.29 bits per heavy atom. The van der Waals surface area contributed by atoms with Gasteiger partial charge in [0.2, 0.25) is 0 Å². The molecule has 1 aromatic carbocycles. The molecule has 28 heavy (non-hydrogen) atoms. The number of hydrogen-bond donors (Lipinski definition) is 1. The van der Waals surface area contributed by atoms with Crippen molar-refractivity contribution in [1.29, 1.82) is 0 Å². The lowest BCUT2D eigenvalue weighted by Crippen LogP contribution is -2.37. The first-order valence-corrected chi connectivity index (χ1v) is 10.2. The van der Waals surface area contributed by atoms with Crippen LogP contribution in [0.3, 0.4) is 0 Å². The van der Waals surface area contributed by atoms with Gasteiger partial charge >= 0.3 is 0 Å². The molecule has 0 spiro atoms. The largest absolute Gasteiger partial charge is 0.483 e. The summed E-state index contributed by atoms with van der Waals surface area (Å²) in [7, 11) is 2.12. The monoisotopic (exact) mass is 399 g/mol. The Hall–Kier alpha value is -2.51. The van der Waals surface area contributed by atoms with Crippen LogP contribution >= 0.6 is 11.3 Å². The maximum absolute atomic E-state index is 13.3. The fourth-order valence-corrected chi connectivity index (χ4v) is 4.69. The highest BCUT2D eigenvalue weighted by molar-refractivity contribution is 7.17. The molecule has 0 radical (unpaired) electrons. The topological polar surface area (TPSA) is 75.4 Å². The Labute approximate surface area is 168 Å². The first-order chi connectivity index (χ1) is 13.5. The van der Waals surface area contributed by atoms with Crippen molar-refractivity contribution in [2.24, 2.45) is 0 Å². The van der Waals surface area contributed by atoms with E-state index in [9.17, 15) is 4.79 Å². The highest BCUT2D eigenvalue weighted by atomic mass is 32.1. The number of fused-ring (bicyclic) bond motifs is 1. The van der Waals surface area contributed by atoms with Crippen LogP contribution < -0.4 is 5.56 Å². The molecule has 4 rings (SSSR count). The van der Waals surface area contributed by atoms with Crippen LogP contribution in [0.15, 0.2) is 34.7 Å². The first-order valence-electron chi connectivity index (χ1n) is 9.28. The highest BCUT2D eigenvalue weighted by Crippen LogP contribution is 2.33. The van der Waals surface area contributed by atoms with Gasteiger partial charge in [0.15, 0.2) is 0 Å². The molecule has 2 aromatic heterocycles. The minimum absolute atomic E-state index is 0.0995. The lowest BCUT2D eigenvalue weighted by atomic mass is 9.99. The average Bonchev–Trinajstić information content (AvgIpc) is 3.09. The van der Waals surface area contributed by atoms with Gasteiger partial charge in [-0.1, -0.05) is 23.8 Å². The Balaban J connectivity index is 0.000000706. The molecule has 1 atom stereocenters.